The van der Waals surface area contributed by atoms with E-state index in [0.717, 1.165) is 15.3 Å². The summed E-state index contributed by atoms with van der Waals surface area (Å²) in [6, 6.07) is 13.1. The Labute approximate surface area is 125 Å². The Hall–Kier alpha value is -2.09. The van der Waals surface area contributed by atoms with Crippen molar-refractivity contribution in [3.63, 3.8) is 0 Å². The molecule has 0 radical (unpaired) electrons. The number of nitriles is 1. The second-order valence-electron chi connectivity index (χ2n) is 3.87. The molecule has 0 aliphatic heterocycles. The average molecular weight is 304 g/mol. The molecular weight excluding hydrogens is 294 g/mol. The number of hydrogen-bond donors (Lipinski definition) is 0. The fourth-order valence-electron chi connectivity index (χ4n) is 1.59. The molecule has 5 heteroatoms. The van der Waals surface area contributed by atoms with E-state index in [1.54, 1.807) is 0 Å². The van der Waals surface area contributed by atoms with E-state index in [1.165, 1.54) is 24.5 Å². The maximum absolute atomic E-state index is 11.3. The minimum absolute atomic E-state index is 0.0167. The van der Waals surface area contributed by atoms with Crippen LogP contribution < -0.4 is 0 Å². The van der Waals surface area contributed by atoms with Crippen molar-refractivity contribution in [2.45, 2.75) is 0 Å². The van der Waals surface area contributed by atoms with E-state index in [4.69, 9.17) is 16.9 Å². The van der Waals surface area contributed by atoms with Gasteiger partial charge < -0.3 is 4.74 Å². The molecule has 20 heavy (non-hydrogen) atoms. The number of rotatable bonds is 3. The molecule has 2 rings (SSSR count). The summed E-state index contributed by atoms with van der Waals surface area (Å²) in [5, 5.41) is 9.60. The molecular formula is C15H10ClNO2S. The third-order valence-corrected chi connectivity index (χ3v) is 3.90. The number of ether oxygens (including phenoxy) is 1. The summed E-state index contributed by atoms with van der Waals surface area (Å²) in [6.07, 6.45) is 1.52. The van der Waals surface area contributed by atoms with Gasteiger partial charge in [0.2, 0.25) is 0 Å². The Morgan fingerprint density at radius 2 is 2.00 bits per heavy atom. The van der Waals surface area contributed by atoms with Crippen molar-refractivity contribution in [2.75, 3.05) is 7.11 Å². The Kier molecular flexibility index (Phi) is 4.57. The van der Waals surface area contributed by atoms with E-state index in [2.05, 4.69) is 4.74 Å². The third-order valence-electron chi connectivity index (χ3n) is 2.57. The fourth-order valence-corrected chi connectivity index (χ4v) is 2.67. The van der Waals surface area contributed by atoms with Gasteiger partial charge in [-0.3, -0.25) is 0 Å². The van der Waals surface area contributed by atoms with Gasteiger partial charge in [0.05, 0.1) is 7.11 Å². The number of benzene rings is 1. The molecule has 1 aromatic carbocycles. The van der Waals surface area contributed by atoms with E-state index in [-0.39, 0.29) is 5.57 Å². The van der Waals surface area contributed by atoms with Gasteiger partial charge in [0.25, 0.3) is 0 Å². The summed E-state index contributed by atoms with van der Waals surface area (Å²) >= 11 is 7.33. The molecule has 0 spiro atoms. The van der Waals surface area contributed by atoms with Gasteiger partial charge in [-0.15, -0.1) is 11.3 Å². The zero-order valence-electron chi connectivity index (χ0n) is 10.6. The summed E-state index contributed by atoms with van der Waals surface area (Å²) < 4.78 is 4.54. The number of hydrogen-bond acceptors (Lipinski definition) is 4. The smallest absolute Gasteiger partial charge is 0.348 e. The predicted octanol–water partition coefficient (Wildman–Crippen LogP) is 4.15. The molecule has 0 saturated carbocycles. The maximum Gasteiger partial charge on any atom is 0.348 e. The zero-order valence-corrected chi connectivity index (χ0v) is 12.2. The second-order valence-corrected chi connectivity index (χ2v) is 5.42. The van der Waals surface area contributed by atoms with E-state index in [9.17, 15) is 4.79 Å². The topological polar surface area (TPSA) is 50.1 Å². The molecule has 0 fully saturated rings. The van der Waals surface area contributed by atoms with Crippen molar-refractivity contribution in [3.8, 4) is 16.5 Å². The van der Waals surface area contributed by atoms with Crippen LogP contribution in [-0.2, 0) is 9.53 Å². The largest absolute Gasteiger partial charge is 0.465 e. The fraction of sp³-hybridized carbons (Fsp3) is 0.0667. The standard InChI is InChI=1S/C15H10ClNO2S/c1-19-15(18)11(9-17)8-13-6-7-14(20-13)10-2-4-12(16)5-3-10/h2-8H,1H3. The maximum atomic E-state index is 11.3. The summed E-state index contributed by atoms with van der Waals surface area (Å²) in [4.78, 5) is 13.2. The first-order chi connectivity index (χ1) is 9.63. The summed E-state index contributed by atoms with van der Waals surface area (Å²) in [5.41, 5.74) is 1.02. The Morgan fingerprint density at radius 3 is 2.60 bits per heavy atom. The van der Waals surface area contributed by atoms with Gasteiger partial charge in [-0.1, -0.05) is 23.7 Å². The number of carbonyl (C=O) groups excluding carboxylic acids is 1. The van der Waals surface area contributed by atoms with Crippen LogP contribution in [-0.4, -0.2) is 13.1 Å². The SMILES string of the molecule is COC(=O)C(C#N)=Cc1ccc(-c2ccc(Cl)cc2)s1. The Bertz CT molecular complexity index is 695. The molecule has 0 aliphatic carbocycles. The molecule has 0 N–H and O–H groups in total. The lowest BCUT2D eigenvalue weighted by molar-refractivity contribution is -0.135. The third kappa shape index (κ3) is 3.27. The van der Waals surface area contributed by atoms with Crippen molar-refractivity contribution in [3.05, 3.63) is 51.9 Å². The second kappa shape index (κ2) is 6.38. The highest BCUT2D eigenvalue weighted by Crippen LogP contribution is 2.30. The van der Waals surface area contributed by atoms with Crippen molar-refractivity contribution >= 4 is 35.0 Å². The molecule has 100 valence electrons. The van der Waals surface area contributed by atoms with Crippen LogP contribution in [0.5, 0.6) is 0 Å². The van der Waals surface area contributed by atoms with Crippen LogP contribution >= 0.6 is 22.9 Å². The Morgan fingerprint density at radius 1 is 1.30 bits per heavy atom. The predicted molar refractivity (Wildman–Crippen MR) is 80.4 cm³/mol. The van der Waals surface area contributed by atoms with Gasteiger partial charge in [0.1, 0.15) is 11.6 Å². The molecule has 0 saturated heterocycles. The molecule has 0 aliphatic rings. The van der Waals surface area contributed by atoms with Crippen LogP contribution in [0.15, 0.2) is 42.0 Å². The molecule has 1 aromatic heterocycles. The van der Waals surface area contributed by atoms with Gasteiger partial charge in [0, 0.05) is 14.8 Å². The molecule has 0 amide bonds. The highest BCUT2D eigenvalue weighted by atomic mass is 35.5. The van der Waals surface area contributed by atoms with E-state index >= 15 is 0 Å². The lowest BCUT2D eigenvalue weighted by Crippen LogP contribution is -2.02. The minimum Gasteiger partial charge on any atom is -0.465 e. The monoisotopic (exact) mass is 303 g/mol. The molecule has 2 aromatic rings. The minimum atomic E-state index is -0.631. The molecule has 0 atom stereocenters. The number of methoxy groups -OCH3 is 1. The van der Waals surface area contributed by atoms with Crippen molar-refractivity contribution in [2.24, 2.45) is 0 Å². The summed E-state index contributed by atoms with van der Waals surface area (Å²) in [5.74, 6) is -0.631. The lowest BCUT2D eigenvalue weighted by Gasteiger charge is -1.97. The van der Waals surface area contributed by atoms with E-state index in [1.807, 2.05) is 42.5 Å². The number of carbonyl (C=O) groups is 1. The van der Waals surface area contributed by atoms with Gasteiger partial charge in [0.15, 0.2) is 0 Å². The molecule has 1 heterocycles. The number of thiophene rings is 1. The van der Waals surface area contributed by atoms with Crippen LogP contribution in [0.25, 0.3) is 16.5 Å². The zero-order chi connectivity index (χ0) is 14.5. The van der Waals surface area contributed by atoms with Gasteiger partial charge in [-0.05, 0) is 35.9 Å². The normalized spacial score (nSPS) is 10.9. The summed E-state index contributed by atoms with van der Waals surface area (Å²) in [7, 11) is 1.25. The number of nitrogens with zero attached hydrogens (tertiary/aromatic N) is 1. The molecule has 0 unspecified atom stereocenters. The van der Waals surface area contributed by atoms with Crippen LogP contribution in [0, 0.1) is 11.3 Å². The van der Waals surface area contributed by atoms with Crippen molar-refractivity contribution < 1.29 is 9.53 Å². The quantitative estimate of drug-likeness (QED) is 0.486. The van der Waals surface area contributed by atoms with Crippen LogP contribution in [0.1, 0.15) is 4.88 Å². The van der Waals surface area contributed by atoms with Gasteiger partial charge >= 0.3 is 5.97 Å². The van der Waals surface area contributed by atoms with Crippen LogP contribution in [0.2, 0.25) is 5.02 Å². The number of halogens is 1. The van der Waals surface area contributed by atoms with E-state index in [0.29, 0.717) is 5.02 Å². The van der Waals surface area contributed by atoms with E-state index < -0.39 is 5.97 Å². The first kappa shape index (κ1) is 14.3. The molecule has 3 nitrogen and oxygen atoms in total. The van der Waals surface area contributed by atoms with Gasteiger partial charge in [-0.2, -0.15) is 5.26 Å². The van der Waals surface area contributed by atoms with Crippen LogP contribution in [0.3, 0.4) is 0 Å². The average Bonchev–Trinajstić information content (AvgIpc) is 2.93. The highest BCUT2D eigenvalue weighted by molar-refractivity contribution is 7.16. The van der Waals surface area contributed by atoms with Crippen molar-refractivity contribution in [1.82, 2.24) is 0 Å². The van der Waals surface area contributed by atoms with Gasteiger partial charge in [-0.25, -0.2) is 4.79 Å². The molecule has 0 bridgehead atoms. The van der Waals surface area contributed by atoms with Crippen LogP contribution in [0.4, 0.5) is 0 Å². The lowest BCUT2D eigenvalue weighted by atomic mass is 10.2. The first-order valence-corrected chi connectivity index (χ1v) is 6.89. The highest BCUT2D eigenvalue weighted by Gasteiger charge is 2.09. The Balaban J connectivity index is 2.29. The van der Waals surface area contributed by atoms with Crippen molar-refractivity contribution in [1.29, 1.82) is 5.26 Å². The number of esters is 1. The summed E-state index contributed by atoms with van der Waals surface area (Å²) in [6.45, 7) is 0. The first-order valence-electron chi connectivity index (χ1n) is 5.70.